The monoisotopic (exact) mass is 316 g/mol. The number of aldehydes is 1. The van der Waals surface area contributed by atoms with E-state index in [2.05, 4.69) is 15.9 Å². The number of ether oxygens (including phenoxy) is 3. The summed E-state index contributed by atoms with van der Waals surface area (Å²) in [5, 5.41) is 0. The molecular formula is C13H17BrO4. The van der Waals surface area contributed by atoms with Crippen LogP contribution in [0, 0.1) is 0 Å². The average molecular weight is 317 g/mol. The Balaban J connectivity index is 2.66. The smallest absolute Gasteiger partial charge is 0.175 e. The van der Waals surface area contributed by atoms with E-state index >= 15 is 0 Å². The van der Waals surface area contributed by atoms with Crippen molar-refractivity contribution >= 4 is 22.2 Å². The summed E-state index contributed by atoms with van der Waals surface area (Å²) in [6.45, 7) is 1.31. The van der Waals surface area contributed by atoms with Crippen molar-refractivity contribution in [3.05, 3.63) is 22.2 Å². The summed E-state index contributed by atoms with van der Waals surface area (Å²) in [5.74, 6) is 1.18. The number of benzene rings is 1. The van der Waals surface area contributed by atoms with Crippen molar-refractivity contribution in [2.45, 2.75) is 12.8 Å². The molecule has 0 radical (unpaired) electrons. The van der Waals surface area contributed by atoms with E-state index < -0.39 is 0 Å². The summed E-state index contributed by atoms with van der Waals surface area (Å²) >= 11 is 3.37. The van der Waals surface area contributed by atoms with E-state index in [1.165, 1.54) is 0 Å². The molecule has 0 heterocycles. The molecule has 0 fully saturated rings. The highest BCUT2D eigenvalue weighted by Gasteiger charge is 2.11. The van der Waals surface area contributed by atoms with Crippen LogP contribution in [0.4, 0.5) is 0 Å². The molecule has 4 nitrogen and oxygen atoms in total. The SMILES string of the molecule is COCCCCOc1c(Br)cc(C=O)cc1OC. The first-order chi connectivity index (χ1) is 8.72. The fourth-order valence-electron chi connectivity index (χ4n) is 1.47. The van der Waals surface area contributed by atoms with Crippen molar-refractivity contribution in [2.24, 2.45) is 0 Å². The molecule has 0 N–H and O–H groups in total. The van der Waals surface area contributed by atoms with Gasteiger partial charge in [-0.15, -0.1) is 0 Å². The number of carbonyl (C=O) groups excluding carboxylic acids is 1. The molecular weight excluding hydrogens is 300 g/mol. The van der Waals surface area contributed by atoms with Crippen LogP contribution >= 0.6 is 15.9 Å². The summed E-state index contributed by atoms with van der Waals surface area (Å²) in [5.41, 5.74) is 0.547. The lowest BCUT2D eigenvalue weighted by molar-refractivity contribution is 0.112. The van der Waals surface area contributed by atoms with Crippen LogP contribution in [0.3, 0.4) is 0 Å². The molecule has 0 aliphatic rings. The highest BCUT2D eigenvalue weighted by atomic mass is 79.9. The van der Waals surface area contributed by atoms with Crippen LogP contribution in [0.2, 0.25) is 0 Å². The van der Waals surface area contributed by atoms with E-state index in [-0.39, 0.29) is 0 Å². The molecule has 1 aromatic carbocycles. The van der Waals surface area contributed by atoms with E-state index in [0.29, 0.717) is 23.7 Å². The van der Waals surface area contributed by atoms with Gasteiger partial charge in [-0.05, 0) is 40.9 Å². The molecule has 0 saturated heterocycles. The van der Waals surface area contributed by atoms with Crippen LogP contribution in [0.15, 0.2) is 16.6 Å². The summed E-state index contributed by atoms with van der Waals surface area (Å²) in [7, 11) is 3.23. The molecule has 1 rings (SSSR count). The van der Waals surface area contributed by atoms with Crippen LogP contribution in [0.25, 0.3) is 0 Å². The van der Waals surface area contributed by atoms with Crippen LogP contribution in [0.5, 0.6) is 11.5 Å². The minimum Gasteiger partial charge on any atom is -0.493 e. The molecule has 0 aliphatic carbocycles. The lowest BCUT2D eigenvalue weighted by Crippen LogP contribution is -2.02. The van der Waals surface area contributed by atoms with E-state index in [1.54, 1.807) is 26.4 Å². The minimum atomic E-state index is 0.547. The lowest BCUT2D eigenvalue weighted by Gasteiger charge is -2.13. The van der Waals surface area contributed by atoms with Crippen LogP contribution in [0.1, 0.15) is 23.2 Å². The van der Waals surface area contributed by atoms with Gasteiger partial charge < -0.3 is 14.2 Å². The number of methoxy groups -OCH3 is 2. The highest BCUT2D eigenvalue weighted by Crippen LogP contribution is 2.36. The molecule has 0 spiro atoms. The van der Waals surface area contributed by atoms with E-state index in [1.807, 2.05) is 0 Å². The Morgan fingerprint density at radius 1 is 1.22 bits per heavy atom. The number of rotatable bonds is 8. The number of hydrogen-bond donors (Lipinski definition) is 0. The predicted molar refractivity (Wildman–Crippen MR) is 72.7 cm³/mol. The number of hydrogen-bond acceptors (Lipinski definition) is 4. The Hall–Kier alpha value is -1.07. The standard InChI is InChI=1S/C13H17BrO4/c1-16-5-3-4-6-18-13-11(14)7-10(9-15)8-12(13)17-2/h7-9H,3-6H2,1-2H3. The Bertz CT molecular complexity index is 393. The summed E-state index contributed by atoms with van der Waals surface area (Å²) in [6.07, 6.45) is 2.62. The molecule has 0 bridgehead atoms. The summed E-state index contributed by atoms with van der Waals surface area (Å²) in [4.78, 5) is 10.7. The van der Waals surface area contributed by atoms with Crippen molar-refractivity contribution in [1.82, 2.24) is 0 Å². The Morgan fingerprint density at radius 3 is 2.56 bits per heavy atom. The first-order valence-electron chi connectivity index (χ1n) is 5.67. The summed E-state index contributed by atoms with van der Waals surface area (Å²) in [6, 6.07) is 3.36. The average Bonchev–Trinajstić information content (AvgIpc) is 2.39. The van der Waals surface area contributed by atoms with Gasteiger partial charge in [-0.25, -0.2) is 0 Å². The van der Waals surface area contributed by atoms with Gasteiger partial charge in [0.15, 0.2) is 11.5 Å². The maximum atomic E-state index is 10.7. The fraction of sp³-hybridized carbons (Fsp3) is 0.462. The number of carbonyl (C=O) groups is 1. The third-order valence-electron chi connectivity index (χ3n) is 2.38. The third kappa shape index (κ3) is 4.31. The zero-order valence-corrected chi connectivity index (χ0v) is 12.2. The molecule has 0 atom stereocenters. The molecule has 100 valence electrons. The van der Waals surface area contributed by atoms with E-state index in [0.717, 1.165) is 30.2 Å². The second-order valence-electron chi connectivity index (χ2n) is 3.70. The maximum absolute atomic E-state index is 10.7. The summed E-state index contributed by atoms with van der Waals surface area (Å²) < 4.78 is 16.6. The van der Waals surface area contributed by atoms with Crippen molar-refractivity contribution in [3.8, 4) is 11.5 Å². The Labute approximate surface area is 115 Å². The van der Waals surface area contributed by atoms with Gasteiger partial charge in [-0.3, -0.25) is 4.79 Å². The number of unbranched alkanes of at least 4 members (excludes halogenated alkanes) is 1. The van der Waals surface area contributed by atoms with Crippen molar-refractivity contribution < 1.29 is 19.0 Å². The van der Waals surface area contributed by atoms with Crippen molar-refractivity contribution in [1.29, 1.82) is 0 Å². The highest BCUT2D eigenvalue weighted by molar-refractivity contribution is 9.10. The van der Waals surface area contributed by atoms with Gasteiger partial charge in [0, 0.05) is 19.3 Å². The molecule has 0 aromatic heterocycles. The maximum Gasteiger partial charge on any atom is 0.175 e. The molecule has 0 saturated carbocycles. The molecule has 5 heteroatoms. The largest absolute Gasteiger partial charge is 0.493 e. The lowest BCUT2D eigenvalue weighted by atomic mass is 10.2. The zero-order chi connectivity index (χ0) is 13.4. The first kappa shape index (κ1) is 15.0. The fourth-order valence-corrected chi connectivity index (χ4v) is 2.04. The van der Waals surface area contributed by atoms with Crippen LogP contribution < -0.4 is 9.47 Å². The Morgan fingerprint density at radius 2 is 1.94 bits per heavy atom. The van der Waals surface area contributed by atoms with Gasteiger partial charge in [-0.2, -0.15) is 0 Å². The normalized spacial score (nSPS) is 10.2. The third-order valence-corrected chi connectivity index (χ3v) is 2.97. The van der Waals surface area contributed by atoms with E-state index in [4.69, 9.17) is 14.2 Å². The number of halogens is 1. The molecule has 0 aliphatic heterocycles. The van der Waals surface area contributed by atoms with Gasteiger partial charge in [0.1, 0.15) is 6.29 Å². The Kier molecular flexibility index (Phi) is 6.75. The minimum absolute atomic E-state index is 0.547. The van der Waals surface area contributed by atoms with E-state index in [9.17, 15) is 4.79 Å². The molecule has 1 aromatic rings. The van der Waals surface area contributed by atoms with Gasteiger partial charge >= 0.3 is 0 Å². The second-order valence-corrected chi connectivity index (χ2v) is 4.55. The topological polar surface area (TPSA) is 44.8 Å². The van der Waals surface area contributed by atoms with Crippen molar-refractivity contribution in [3.63, 3.8) is 0 Å². The van der Waals surface area contributed by atoms with Gasteiger partial charge in [0.05, 0.1) is 18.2 Å². The zero-order valence-electron chi connectivity index (χ0n) is 10.6. The molecule has 0 unspecified atom stereocenters. The van der Waals surface area contributed by atoms with Gasteiger partial charge in [-0.1, -0.05) is 0 Å². The predicted octanol–water partition coefficient (Wildman–Crippen LogP) is 3.08. The second kappa shape index (κ2) is 8.11. The van der Waals surface area contributed by atoms with Crippen LogP contribution in [-0.4, -0.2) is 33.7 Å². The van der Waals surface area contributed by atoms with Crippen molar-refractivity contribution in [2.75, 3.05) is 27.4 Å². The quantitative estimate of drug-likeness (QED) is 0.546. The first-order valence-corrected chi connectivity index (χ1v) is 6.46. The molecule has 18 heavy (non-hydrogen) atoms. The van der Waals surface area contributed by atoms with Gasteiger partial charge in [0.2, 0.25) is 0 Å². The van der Waals surface area contributed by atoms with Gasteiger partial charge in [0.25, 0.3) is 0 Å². The molecule has 0 amide bonds. The van der Waals surface area contributed by atoms with Crippen LogP contribution in [-0.2, 0) is 4.74 Å².